The van der Waals surface area contributed by atoms with Crippen LogP contribution in [0.15, 0.2) is 12.3 Å². The lowest BCUT2D eigenvalue weighted by molar-refractivity contribution is 0.323. The van der Waals surface area contributed by atoms with Gasteiger partial charge in [0, 0.05) is 20.3 Å². The van der Waals surface area contributed by atoms with Crippen molar-refractivity contribution < 1.29 is 4.39 Å². The Labute approximate surface area is 94.9 Å². The predicted molar refractivity (Wildman–Crippen MR) is 62.5 cm³/mol. The molecule has 4 nitrogen and oxygen atoms in total. The first-order valence-electron chi connectivity index (χ1n) is 5.58. The zero-order chi connectivity index (χ0) is 11.5. The average molecular weight is 224 g/mol. The number of aromatic nitrogens is 2. The predicted octanol–water partition coefficient (Wildman–Crippen LogP) is 1.85. The Morgan fingerprint density at radius 3 is 2.88 bits per heavy atom. The van der Waals surface area contributed by atoms with Crippen LogP contribution in [0.1, 0.15) is 19.3 Å². The Hall–Kier alpha value is -1.39. The molecule has 0 bridgehead atoms. The van der Waals surface area contributed by atoms with E-state index in [0.717, 1.165) is 18.7 Å². The molecule has 0 aromatic carbocycles. The third-order valence-corrected chi connectivity index (χ3v) is 2.85. The molecule has 1 aliphatic rings. The zero-order valence-corrected chi connectivity index (χ0v) is 9.65. The van der Waals surface area contributed by atoms with E-state index in [4.69, 9.17) is 0 Å². The maximum atomic E-state index is 13.4. The van der Waals surface area contributed by atoms with Gasteiger partial charge < -0.3 is 10.2 Å². The maximum Gasteiger partial charge on any atom is 0.224 e. The lowest BCUT2D eigenvalue weighted by atomic mass is 10.2. The van der Waals surface area contributed by atoms with Gasteiger partial charge in [-0.3, -0.25) is 0 Å². The van der Waals surface area contributed by atoms with Crippen molar-refractivity contribution in [3.05, 3.63) is 12.3 Å². The van der Waals surface area contributed by atoms with Crippen molar-refractivity contribution in [1.29, 1.82) is 0 Å². The van der Waals surface area contributed by atoms with Crippen LogP contribution in [0.4, 0.5) is 16.2 Å². The highest BCUT2D eigenvalue weighted by Crippen LogP contribution is 2.24. The highest BCUT2D eigenvalue weighted by atomic mass is 19.1. The van der Waals surface area contributed by atoms with Crippen molar-refractivity contribution in [1.82, 2.24) is 9.97 Å². The Bertz CT molecular complexity index is 356. The molecule has 0 radical (unpaired) electrons. The minimum Gasteiger partial charge on any atom is -0.363 e. The second kappa shape index (κ2) is 4.63. The van der Waals surface area contributed by atoms with Gasteiger partial charge in [-0.25, -0.2) is 9.37 Å². The van der Waals surface area contributed by atoms with Gasteiger partial charge >= 0.3 is 0 Å². The summed E-state index contributed by atoms with van der Waals surface area (Å²) in [5, 5.41) is 3.06. The van der Waals surface area contributed by atoms with E-state index in [2.05, 4.69) is 15.3 Å². The maximum absolute atomic E-state index is 13.4. The lowest BCUT2D eigenvalue weighted by Gasteiger charge is -2.16. The number of alkyl halides is 1. The van der Waals surface area contributed by atoms with Gasteiger partial charge in [-0.05, 0) is 25.3 Å². The average Bonchev–Trinajstić information content (AvgIpc) is 2.65. The Kier molecular flexibility index (Phi) is 3.22. The third-order valence-electron chi connectivity index (χ3n) is 2.85. The minimum absolute atomic E-state index is 0.127. The van der Waals surface area contributed by atoms with Crippen LogP contribution in [0.25, 0.3) is 0 Å². The van der Waals surface area contributed by atoms with Crippen molar-refractivity contribution in [2.24, 2.45) is 0 Å². The summed E-state index contributed by atoms with van der Waals surface area (Å²) in [6.07, 6.45) is 3.35. The van der Waals surface area contributed by atoms with Crippen molar-refractivity contribution in [2.75, 3.05) is 24.3 Å². The summed E-state index contributed by atoms with van der Waals surface area (Å²) >= 11 is 0. The molecule has 88 valence electrons. The van der Waals surface area contributed by atoms with Gasteiger partial charge in [0.1, 0.15) is 12.0 Å². The summed E-state index contributed by atoms with van der Waals surface area (Å²) in [5.74, 6) is 1.34. The topological polar surface area (TPSA) is 41.1 Å². The van der Waals surface area contributed by atoms with Crippen LogP contribution in [0.3, 0.4) is 0 Å². The molecule has 0 amide bonds. The molecule has 0 spiro atoms. The molecular formula is C11H17FN4. The molecule has 0 unspecified atom stereocenters. The van der Waals surface area contributed by atoms with Crippen LogP contribution in [0.5, 0.6) is 0 Å². The molecule has 1 aromatic heterocycles. The van der Waals surface area contributed by atoms with Gasteiger partial charge in [-0.1, -0.05) is 0 Å². The first-order chi connectivity index (χ1) is 7.66. The number of nitrogens with zero attached hydrogens (tertiary/aromatic N) is 3. The molecule has 1 aromatic rings. The normalized spacial score (nSPS) is 24.4. The van der Waals surface area contributed by atoms with Crippen LogP contribution >= 0.6 is 0 Å². The molecule has 16 heavy (non-hydrogen) atoms. The summed E-state index contributed by atoms with van der Waals surface area (Å²) < 4.78 is 13.4. The molecule has 1 heterocycles. The number of halogens is 1. The highest BCUT2D eigenvalue weighted by molar-refractivity contribution is 5.41. The number of hydrogen-bond donors (Lipinski definition) is 1. The fourth-order valence-corrected chi connectivity index (χ4v) is 1.91. The number of rotatable bonds is 3. The standard InChI is InChI=1S/C11H17FN4/c1-16(2)10-6-7-13-11(15-10)14-9-5-3-4-8(9)12/h6-9H,3-5H2,1-2H3,(H,13,14,15)/t8-,9-/m1/s1. The van der Waals surface area contributed by atoms with E-state index in [9.17, 15) is 4.39 Å². The van der Waals surface area contributed by atoms with Crippen LogP contribution in [0, 0.1) is 0 Å². The van der Waals surface area contributed by atoms with Gasteiger partial charge in [-0.2, -0.15) is 4.98 Å². The quantitative estimate of drug-likeness (QED) is 0.850. The van der Waals surface area contributed by atoms with Crippen LogP contribution in [-0.4, -0.2) is 36.3 Å². The van der Waals surface area contributed by atoms with Crippen LogP contribution < -0.4 is 10.2 Å². The van der Waals surface area contributed by atoms with Crippen LogP contribution in [0.2, 0.25) is 0 Å². The molecule has 1 aliphatic carbocycles. The summed E-state index contributed by atoms with van der Waals surface area (Å²) in [4.78, 5) is 10.3. The van der Waals surface area contributed by atoms with Crippen molar-refractivity contribution >= 4 is 11.8 Å². The van der Waals surface area contributed by atoms with E-state index in [1.807, 2.05) is 25.1 Å². The number of hydrogen-bond acceptors (Lipinski definition) is 4. The third kappa shape index (κ3) is 2.40. The number of nitrogens with one attached hydrogen (secondary N) is 1. The Morgan fingerprint density at radius 2 is 2.25 bits per heavy atom. The summed E-state index contributed by atoms with van der Waals surface area (Å²) in [5.41, 5.74) is 0. The van der Waals surface area contributed by atoms with Crippen molar-refractivity contribution in [3.8, 4) is 0 Å². The van der Waals surface area contributed by atoms with Crippen LogP contribution in [-0.2, 0) is 0 Å². The monoisotopic (exact) mass is 224 g/mol. The van der Waals surface area contributed by atoms with Gasteiger partial charge in [0.15, 0.2) is 0 Å². The summed E-state index contributed by atoms with van der Waals surface area (Å²) in [7, 11) is 3.83. The fraction of sp³-hybridized carbons (Fsp3) is 0.636. The molecule has 1 N–H and O–H groups in total. The Balaban J connectivity index is 2.06. The number of anilines is 2. The van der Waals surface area contributed by atoms with E-state index in [0.29, 0.717) is 12.4 Å². The van der Waals surface area contributed by atoms with Gasteiger partial charge in [-0.15, -0.1) is 0 Å². The smallest absolute Gasteiger partial charge is 0.224 e. The molecular weight excluding hydrogens is 207 g/mol. The van der Waals surface area contributed by atoms with Gasteiger partial charge in [0.25, 0.3) is 0 Å². The molecule has 0 aliphatic heterocycles. The van der Waals surface area contributed by atoms with E-state index < -0.39 is 6.17 Å². The van der Waals surface area contributed by atoms with E-state index >= 15 is 0 Å². The fourth-order valence-electron chi connectivity index (χ4n) is 1.91. The van der Waals surface area contributed by atoms with Crippen molar-refractivity contribution in [3.63, 3.8) is 0 Å². The summed E-state index contributed by atoms with van der Waals surface area (Å²) in [6.45, 7) is 0. The zero-order valence-electron chi connectivity index (χ0n) is 9.65. The lowest BCUT2D eigenvalue weighted by Crippen LogP contribution is -2.26. The van der Waals surface area contributed by atoms with E-state index in [1.165, 1.54) is 0 Å². The molecule has 1 fully saturated rings. The molecule has 2 rings (SSSR count). The molecule has 2 atom stereocenters. The van der Waals surface area contributed by atoms with Gasteiger partial charge in [0.2, 0.25) is 5.95 Å². The van der Waals surface area contributed by atoms with Crippen molar-refractivity contribution in [2.45, 2.75) is 31.5 Å². The summed E-state index contributed by atoms with van der Waals surface area (Å²) in [6, 6.07) is 1.70. The van der Waals surface area contributed by atoms with Gasteiger partial charge in [0.05, 0.1) is 6.04 Å². The molecule has 1 saturated carbocycles. The second-order valence-corrected chi connectivity index (χ2v) is 4.33. The highest BCUT2D eigenvalue weighted by Gasteiger charge is 2.27. The SMILES string of the molecule is CN(C)c1ccnc(N[C@@H]2CCC[C@H]2F)n1. The first-order valence-corrected chi connectivity index (χ1v) is 5.58. The minimum atomic E-state index is -0.772. The first kappa shape index (κ1) is 11.1. The van der Waals surface area contributed by atoms with E-state index in [1.54, 1.807) is 6.20 Å². The largest absolute Gasteiger partial charge is 0.363 e. The second-order valence-electron chi connectivity index (χ2n) is 4.33. The Morgan fingerprint density at radius 1 is 1.44 bits per heavy atom. The van der Waals surface area contributed by atoms with E-state index in [-0.39, 0.29) is 6.04 Å². The molecule has 0 saturated heterocycles. The molecule has 5 heteroatoms.